The number of amides is 2. The van der Waals surface area contributed by atoms with E-state index >= 15 is 0 Å². The Balaban J connectivity index is 1.81. The average Bonchev–Trinajstić information content (AvgIpc) is 2.77. The van der Waals surface area contributed by atoms with Gasteiger partial charge in [0.15, 0.2) is 5.11 Å². The maximum atomic E-state index is 12.4. The molecule has 3 N–H and O–H groups in total. The van der Waals surface area contributed by atoms with E-state index in [4.69, 9.17) is 21.7 Å². The van der Waals surface area contributed by atoms with E-state index in [1.54, 1.807) is 48.5 Å². The Labute approximate surface area is 188 Å². The van der Waals surface area contributed by atoms with Gasteiger partial charge in [0.2, 0.25) is 0 Å². The first-order chi connectivity index (χ1) is 15.0. The minimum atomic E-state index is -0.328. The number of hydrogen-bond donors (Lipinski definition) is 3. The number of rotatable bonds is 11. The third-order valence-electron chi connectivity index (χ3n) is 4.26. The van der Waals surface area contributed by atoms with Gasteiger partial charge in [0.25, 0.3) is 11.8 Å². The number of unbranched alkanes of at least 4 members (excludes halogenated alkanes) is 1. The molecular weight excluding hydrogens is 414 g/mol. The Hall–Kier alpha value is -2.97. The van der Waals surface area contributed by atoms with Gasteiger partial charge in [-0.3, -0.25) is 14.9 Å². The number of benzene rings is 2. The smallest absolute Gasteiger partial charge is 0.257 e. The van der Waals surface area contributed by atoms with Crippen LogP contribution in [0.1, 0.15) is 47.4 Å². The zero-order valence-electron chi connectivity index (χ0n) is 17.9. The fourth-order valence-corrected chi connectivity index (χ4v) is 2.80. The molecule has 0 aliphatic carbocycles. The van der Waals surface area contributed by atoms with E-state index in [0.717, 1.165) is 12.8 Å². The van der Waals surface area contributed by atoms with Crippen molar-refractivity contribution in [3.63, 3.8) is 0 Å². The van der Waals surface area contributed by atoms with E-state index in [-0.39, 0.29) is 16.9 Å². The van der Waals surface area contributed by atoms with Crippen molar-refractivity contribution in [3.05, 3.63) is 59.7 Å². The summed E-state index contributed by atoms with van der Waals surface area (Å²) in [5.74, 6) is 0.224. The molecule has 0 aromatic heterocycles. The summed E-state index contributed by atoms with van der Waals surface area (Å²) < 4.78 is 10.8. The van der Waals surface area contributed by atoms with E-state index in [0.29, 0.717) is 48.9 Å². The molecule has 0 aliphatic heterocycles. The predicted octanol–water partition coefficient (Wildman–Crippen LogP) is 3.76. The second-order valence-corrected chi connectivity index (χ2v) is 7.07. The molecule has 7 nitrogen and oxygen atoms in total. The predicted molar refractivity (Wildman–Crippen MR) is 126 cm³/mol. The van der Waals surface area contributed by atoms with Crippen LogP contribution in [0.25, 0.3) is 0 Å². The normalized spacial score (nSPS) is 10.3. The maximum absolute atomic E-state index is 12.4. The third-order valence-corrected chi connectivity index (χ3v) is 4.47. The molecule has 166 valence electrons. The monoisotopic (exact) mass is 443 g/mol. The lowest BCUT2D eigenvalue weighted by Crippen LogP contribution is -2.34. The standard InChI is InChI=1S/C23H29N3O4S/c1-3-5-14-24-21(27)17-6-10-19(11-7-17)25-23(31)26-22(28)18-8-12-20(13-9-18)30-16-15-29-4-2/h6-13H,3-5,14-16H2,1-2H3,(H,24,27)(H2,25,26,28,31). The lowest BCUT2D eigenvalue weighted by molar-refractivity contribution is 0.0950. The number of nitrogens with one attached hydrogen (secondary N) is 3. The molecular formula is C23H29N3O4S. The Morgan fingerprint density at radius 3 is 2.19 bits per heavy atom. The number of carbonyl (C=O) groups excluding carboxylic acids is 2. The van der Waals surface area contributed by atoms with Gasteiger partial charge >= 0.3 is 0 Å². The lowest BCUT2D eigenvalue weighted by Gasteiger charge is -2.11. The molecule has 8 heteroatoms. The largest absolute Gasteiger partial charge is 0.491 e. The van der Waals surface area contributed by atoms with Crippen molar-refractivity contribution in [1.29, 1.82) is 0 Å². The minimum Gasteiger partial charge on any atom is -0.491 e. The molecule has 0 saturated carbocycles. The van der Waals surface area contributed by atoms with Crippen LogP contribution < -0.4 is 20.7 Å². The van der Waals surface area contributed by atoms with Gasteiger partial charge < -0.3 is 20.1 Å². The van der Waals surface area contributed by atoms with Crippen LogP contribution in [-0.4, -0.2) is 43.3 Å². The highest BCUT2D eigenvalue weighted by molar-refractivity contribution is 7.80. The van der Waals surface area contributed by atoms with Crippen molar-refractivity contribution in [3.8, 4) is 5.75 Å². The number of carbonyl (C=O) groups is 2. The minimum absolute atomic E-state index is 0.110. The number of ether oxygens (including phenoxy) is 2. The molecule has 0 atom stereocenters. The van der Waals surface area contributed by atoms with Crippen molar-refractivity contribution < 1.29 is 19.1 Å². The van der Waals surface area contributed by atoms with Gasteiger partial charge in [0.1, 0.15) is 12.4 Å². The van der Waals surface area contributed by atoms with Gasteiger partial charge in [-0.25, -0.2) is 0 Å². The molecule has 2 aromatic carbocycles. The van der Waals surface area contributed by atoms with Crippen LogP contribution in [0, 0.1) is 0 Å². The first-order valence-corrected chi connectivity index (χ1v) is 10.8. The summed E-state index contributed by atoms with van der Waals surface area (Å²) in [6.07, 6.45) is 1.97. The molecule has 2 aromatic rings. The molecule has 2 amide bonds. The molecule has 0 saturated heterocycles. The van der Waals surface area contributed by atoms with Gasteiger partial charge in [-0.2, -0.15) is 0 Å². The Morgan fingerprint density at radius 2 is 1.55 bits per heavy atom. The van der Waals surface area contributed by atoms with E-state index < -0.39 is 0 Å². The van der Waals surface area contributed by atoms with Crippen molar-refractivity contribution in [1.82, 2.24) is 10.6 Å². The molecule has 2 rings (SSSR count). The van der Waals surface area contributed by atoms with E-state index in [1.807, 2.05) is 6.92 Å². The average molecular weight is 444 g/mol. The van der Waals surface area contributed by atoms with Crippen molar-refractivity contribution in [2.45, 2.75) is 26.7 Å². The van der Waals surface area contributed by atoms with Crippen LogP contribution in [0.3, 0.4) is 0 Å². The summed E-state index contributed by atoms with van der Waals surface area (Å²) in [5, 5.41) is 8.62. The molecule has 0 radical (unpaired) electrons. The second kappa shape index (κ2) is 13.4. The number of anilines is 1. The first-order valence-electron chi connectivity index (χ1n) is 10.3. The van der Waals surface area contributed by atoms with Gasteiger partial charge in [-0.1, -0.05) is 13.3 Å². The zero-order valence-corrected chi connectivity index (χ0v) is 18.7. The van der Waals surface area contributed by atoms with Crippen LogP contribution in [0.4, 0.5) is 5.69 Å². The van der Waals surface area contributed by atoms with Gasteiger partial charge in [-0.05, 0) is 74.1 Å². The number of hydrogen-bond acceptors (Lipinski definition) is 5. The van der Waals surface area contributed by atoms with Crippen LogP contribution in [0.2, 0.25) is 0 Å². The van der Waals surface area contributed by atoms with Crippen molar-refractivity contribution in [2.24, 2.45) is 0 Å². The molecule has 31 heavy (non-hydrogen) atoms. The summed E-state index contributed by atoms with van der Waals surface area (Å²) in [7, 11) is 0. The highest BCUT2D eigenvalue weighted by Crippen LogP contribution is 2.13. The molecule has 0 unspecified atom stereocenters. The van der Waals surface area contributed by atoms with E-state index in [9.17, 15) is 9.59 Å². The van der Waals surface area contributed by atoms with Crippen LogP contribution in [0.15, 0.2) is 48.5 Å². The Kier molecular flexibility index (Phi) is 10.5. The van der Waals surface area contributed by atoms with Crippen LogP contribution >= 0.6 is 12.2 Å². The molecule has 0 bridgehead atoms. The van der Waals surface area contributed by atoms with Crippen molar-refractivity contribution >= 4 is 34.8 Å². The second-order valence-electron chi connectivity index (χ2n) is 6.66. The van der Waals surface area contributed by atoms with Crippen molar-refractivity contribution in [2.75, 3.05) is 31.7 Å². The summed E-state index contributed by atoms with van der Waals surface area (Å²) in [6.45, 7) is 6.27. The summed E-state index contributed by atoms with van der Waals surface area (Å²) in [6, 6.07) is 13.7. The van der Waals surface area contributed by atoms with Crippen LogP contribution in [0.5, 0.6) is 5.75 Å². The fraction of sp³-hybridized carbons (Fsp3) is 0.348. The van der Waals surface area contributed by atoms with Gasteiger partial charge in [0.05, 0.1) is 6.61 Å². The van der Waals surface area contributed by atoms with Gasteiger partial charge in [0, 0.05) is 30.0 Å². The lowest BCUT2D eigenvalue weighted by atomic mass is 10.2. The van der Waals surface area contributed by atoms with Crippen LogP contribution in [-0.2, 0) is 4.74 Å². The molecule has 0 fully saturated rings. The Bertz CT molecular complexity index is 854. The highest BCUT2D eigenvalue weighted by Gasteiger charge is 2.09. The summed E-state index contributed by atoms with van der Waals surface area (Å²) >= 11 is 5.21. The molecule has 0 heterocycles. The highest BCUT2D eigenvalue weighted by atomic mass is 32.1. The van der Waals surface area contributed by atoms with E-state index in [1.165, 1.54) is 0 Å². The molecule has 0 spiro atoms. The van der Waals surface area contributed by atoms with Gasteiger partial charge in [-0.15, -0.1) is 0 Å². The Morgan fingerprint density at radius 1 is 0.903 bits per heavy atom. The quantitative estimate of drug-likeness (QED) is 0.362. The SMILES string of the molecule is CCCCNC(=O)c1ccc(NC(=S)NC(=O)c2ccc(OCCOCC)cc2)cc1. The first kappa shape index (κ1) is 24.3. The van der Waals surface area contributed by atoms with E-state index in [2.05, 4.69) is 22.9 Å². The fourth-order valence-electron chi connectivity index (χ4n) is 2.59. The summed E-state index contributed by atoms with van der Waals surface area (Å²) in [4.78, 5) is 24.4. The maximum Gasteiger partial charge on any atom is 0.257 e. The zero-order chi connectivity index (χ0) is 22.5. The topological polar surface area (TPSA) is 88.7 Å². The number of thiocarbonyl (C=S) groups is 1. The third kappa shape index (κ3) is 8.74. The summed E-state index contributed by atoms with van der Waals surface area (Å²) in [5.41, 5.74) is 1.70. The molecule has 0 aliphatic rings.